The molecule has 0 bridgehead atoms. The Kier molecular flexibility index (Phi) is 7.29. The van der Waals surface area contributed by atoms with Crippen molar-refractivity contribution in [3.63, 3.8) is 0 Å². The number of hydrogen-bond donors (Lipinski definition) is 3. The number of unbranched alkanes of at least 4 members (excludes halogenated alkanes) is 1. The van der Waals surface area contributed by atoms with Gasteiger partial charge >= 0.3 is 6.03 Å². The Morgan fingerprint density at radius 2 is 1.86 bits per heavy atom. The van der Waals surface area contributed by atoms with E-state index in [1.807, 2.05) is 6.92 Å². The van der Waals surface area contributed by atoms with Gasteiger partial charge in [0.25, 0.3) is 0 Å². The van der Waals surface area contributed by atoms with Gasteiger partial charge in [-0.25, -0.2) is 4.79 Å². The van der Waals surface area contributed by atoms with E-state index in [4.69, 9.17) is 5.73 Å². The van der Waals surface area contributed by atoms with Crippen molar-refractivity contribution >= 4 is 11.9 Å². The number of hydrogen-bond acceptors (Lipinski definition) is 2. The van der Waals surface area contributed by atoms with Gasteiger partial charge < -0.3 is 16.4 Å². The molecule has 0 aliphatic rings. The summed E-state index contributed by atoms with van der Waals surface area (Å²) in [6.45, 7) is 4.61. The lowest BCUT2D eigenvalue weighted by atomic mass is 10.0. The van der Waals surface area contributed by atoms with Crippen LogP contribution in [0.2, 0.25) is 0 Å². The predicted octanol–water partition coefficient (Wildman–Crippen LogP) is 2.40. The largest absolute Gasteiger partial charge is 0.352 e. The van der Waals surface area contributed by atoms with Crippen LogP contribution in [-0.2, 0) is 4.79 Å². The zero-order valence-corrected chi connectivity index (χ0v) is 12.8. The Bertz CT molecular complexity index is 457. The molecule has 1 atom stereocenters. The van der Waals surface area contributed by atoms with Crippen molar-refractivity contribution in [1.82, 2.24) is 10.6 Å². The van der Waals surface area contributed by atoms with Crippen LogP contribution in [0.25, 0.3) is 0 Å². The molecular formula is C16H25N3O2. The minimum absolute atomic E-state index is 0.0431. The van der Waals surface area contributed by atoms with Crippen LogP contribution in [0.15, 0.2) is 24.3 Å². The van der Waals surface area contributed by atoms with Crippen LogP contribution in [0.4, 0.5) is 4.79 Å². The van der Waals surface area contributed by atoms with Gasteiger partial charge in [0.05, 0.1) is 6.04 Å². The molecule has 0 radical (unpaired) electrons. The second kappa shape index (κ2) is 9.00. The minimum atomic E-state index is -0.523. The van der Waals surface area contributed by atoms with Crippen molar-refractivity contribution in [2.24, 2.45) is 5.73 Å². The lowest BCUT2D eigenvalue weighted by Gasteiger charge is -2.17. The van der Waals surface area contributed by atoms with Crippen molar-refractivity contribution in [2.45, 2.75) is 45.6 Å². The highest BCUT2D eigenvalue weighted by Crippen LogP contribution is 2.17. The van der Waals surface area contributed by atoms with Gasteiger partial charge in [-0.1, -0.05) is 36.8 Å². The first-order chi connectivity index (χ1) is 10.0. The number of nitrogens with one attached hydrogen (secondary N) is 2. The van der Waals surface area contributed by atoms with Gasteiger partial charge in [0, 0.05) is 13.0 Å². The fourth-order valence-electron chi connectivity index (χ4n) is 2.11. The van der Waals surface area contributed by atoms with Crippen LogP contribution in [0, 0.1) is 6.92 Å². The minimum Gasteiger partial charge on any atom is -0.352 e. The molecule has 0 heterocycles. The van der Waals surface area contributed by atoms with E-state index in [0.29, 0.717) is 13.0 Å². The van der Waals surface area contributed by atoms with Gasteiger partial charge in [-0.3, -0.25) is 4.79 Å². The van der Waals surface area contributed by atoms with E-state index in [1.165, 1.54) is 5.56 Å². The molecule has 1 aromatic rings. The summed E-state index contributed by atoms with van der Waals surface area (Å²) in [6.07, 6.45) is 2.80. The molecule has 0 aromatic heterocycles. The molecule has 0 fully saturated rings. The maximum atomic E-state index is 11.9. The molecule has 0 spiro atoms. The average Bonchev–Trinajstić information content (AvgIpc) is 2.45. The number of aryl methyl sites for hydroxylation is 1. The fourth-order valence-corrected chi connectivity index (χ4v) is 2.11. The normalized spacial score (nSPS) is 11.7. The van der Waals surface area contributed by atoms with E-state index in [0.717, 1.165) is 24.8 Å². The van der Waals surface area contributed by atoms with Crippen molar-refractivity contribution < 1.29 is 9.59 Å². The molecule has 0 saturated carbocycles. The number of primary amides is 1. The number of carbonyl (C=O) groups is 2. The number of carbonyl (C=O) groups excluding carboxylic acids is 2. The van der Waals surface area contributed by atoms with Gasteiger partial charge in [0.15, 0.2) is 0 Å². The van der Waals surface area contributed by atoms with E-state index in [2.05, 4.69) is 41.8 Å². The Morgan fingerprint density at radius 3 is 2.43 bits per heavy atom. The molecule has 3 amide bonds. The van der Waals surface area contributed by atoms with E-state index in [9.17, 15) is 9.59 Å². The van der Waals surface area contributed by atoms with Crippen LogP contribution in [-0.4, -0.2) is 18.5 Å². The van der Waals surface area contributed by atoms with E-state index in [1.54, 1.807) is 0 Å². The van der Waals surface area contributed by atoms with Crippen molar-refractivity contribution in [3.05, 3.63) is 35.4 Å². The molecule has 1 unspecified atom stereocenters. The molecule has 5 heteroatoms. The number of rotatable bonds is 8. The standard InChI is InChI=1S/C16H25N3O2/c1-3-14(13-9-7-12(2)8-10-13)19-15(20)6-4-5-11-18-16(17)21/h7-10,14H,3-6,11H2,1-2H3,(H,19,20)(H3,17,18,21). The van der Waals surface area contributed by atoms with Gasteiger partial charge in [0.1, 0.15) is 0 Å². The van der Waals surface area contributed by atoms with Crippen LogP contribution in [0.3, 0.4) is 0 Å². The molecule has 0 saturated heterocycles. The first-order valence-corrected chi connectivity index (χ1v) is 7.42. The van der Waals surface area contributed by atoms with Crippen molar-refractivity contribution in [2.75, 3.05) is 6.54 Å². The Hall–Kier alpha value is -2.04. The fraction of sp³-hybridized carbons (Fsp3) is 0.500. The molecule has 0 aliphatic carbocycles. The van der Waals surface area contributed by atoms with Gasteiger partial charge in [-0.05, 0) is 31.7 Å². The van der Waals surface area contributed by atoms with Crippen molar-refractivity contribution in [1.29, 1.82) is 0 Å². The average molecular weight is 291 g/mol. The quantitative estimate of drug-likeness (QED) is 0.643. The highest BCUT2D eigenvalue weighted by Gasteiger charge is 2.12. The molecule has 1 aromatic carbocycles. The van der Waals surface area contributed by atoms with Gasteiger partial charge in [0.2, 0.25) is 5.91 Å². The predicted molar refractivity (Wildman–Crippen MR) is 83.8 cm³/mol. The summed E-state index contributed by atoms with van der Waals surface area (Å²) in [7, 11) is 0. The van der Waals surface area contributed by atoms with Crippen LogP contribution >= 0.6 is 0 Å². The summed E-state index contributed by atoms with van der Waals surface area (Å²) in [4.78, 5) is 22.4. The molecule has 21 heavy (non-hydrogen) atoms. The topological polar surface area (TPSA) is 84.2 Å². The SMILES string of the molecule is CCC(NC(=O)CCCCNC(N)=O)c1ccc(C)cc1. The number of amides is 3. The van der Waals surface area contributed by atoms with E-state index >= 15 is 0 Å². The maximum absolute atomic E-state index is 11.9. The zero-order chi connectivity index (χ0) is 15.7. The Morgan fingerprint density at radius 1 is 1.19 bits per heavy atom. The van der Waals surface area contributed by atoms with E-state index in [-0.39, 0.29) is 11.9 Å². The summed E-state index contributed by atoms with van der Waals surface area (Å²) in [5.74, 6) is 0.0431. The summed E-state index contributed by atoms with van der Waals surface area (Å²) in [5.41, 5.74) is 7.31. The summed E-state index contributed by atoms with van der Waals surface area (Å²) < 4.78 is 0. The number of nitrogens with two attached hydrogens (primary N) is 1. The summed E-state index contributed by atoms with van der Waals surface area (Å²) in [6, 6.07) is 7.76. The number of benzene rings is 1. The molecule has 1 rings (SSSR count). The van der Waals surface area contributed by atoms with Gasteiger partial charge in [-0.15, -0.1) is 0 Å². The van der Waals surface area contributed by atoms with Crippen LogP contribution in [0.1, 0.15) is 49.8 Å². The first kappa shape index (κ1) is 17.0. The maximum Gasteiger partial charge on any atom is 0.312 e. The number of urea groups is 1. The monoisotopic (exact) mass is 291 g/mol. The third kappa shape index (κ3) is 6.79. The first-order valence-electron chi connectivity index (χ1n) is 7.42. The lowest BCUT2D eigenvalue weighted by Crippen LogP contribution is -2.30. The lowest BCUT2D eigenvalue weighted by molar-refractivity contribution is -0.122. The smallest absolute Gasteiger partial charge is 0.312 e. The zero-order valence-electron chi connectivity index (χ0n) is 12.8. The Labute approximate surface area is 126 Å². The van der Waals surface area contributed by atoms with Gasteiger partial charge in [-0.2, -0.15) is 0 Å². The highest BCUT2D eigenvalue weighted by molar-refractivity contribution is 5.76. The second-order valence-electron chi connectivity index (χ2n) is 5.19. The summed E-state index contributed by atoms with van der Waals surface area (Å²) in [5, 5.41) is 5.56. The molecule has 5 nitrogen and oxygen atoms in total. The molecule has 0 aliphatic heterocycles. The molecule has 116 valence electrons. The molecular weight excluding hydrogens is 266 g/mol. The van der Waals surface area contributed by atoms with E-state index < -0.39 is 6.03 Å². The third-order valence-corrected chi connectivity index (χ3v) is 3.35. The van der Waals surface area contributed by atoms with Crippen LogP contribution in [0.5, 0.6) is 0 Å². The Balaban J connectivity index is 2.34. The highest BCUT2D eigenvalue weighted by atomic mass is 16.2. The molecule has 4 N–H and O–H groups in total. The van der Waals surface area contributed by atoms with Crippen LogP contribution < -0.4 is 16.4 Å². The van der Waals surface area contributed by atoms with Crippen molar-refractivity contribution in [3.8, 4) is 0 Å². The summed E-state index contributed by atoms with van der Waals surface area (Å²) >= 11 is 0. The second-order valence-corrected chi connectivity index (χ2v) is 5.19. The third-order valence-electron chi connectivity index (χ3n) is 3.35.